The topological polar surface area (TPSA) is 67.3 Å². The van der Waals surface area contributed by atoms with Crippen LogP contribution in [0.2, 0.25) is 0 Å². The van der Waals surface area contributed by atoms with Gasteiger partial charge in [0.1, 0.15) is 0 Å². The molecule has 1 N–H and O–H groups in total. The first-order valence-corrected chi connectivity index (χ1v) is 8.64. The van der Waals surface area contributed by atoms with Crippen molar-refractivity contribution in [1.29, 1.82) is 0 Å². The second kappa shape index (κ2) is 9.87. The number of hydrogen-bond acceptors (Lipinski definition) is 3. The summed E-state index contributed by atoms with van der Waals surface area (Å²) in [6.07, 6.45) is 0.974. The van der Waals surface area contributed by atoms with Crippen LogP contribution >= 0.6 is 0 Å². The van der Waals surface area contributed by atoms with E-state index in [1.165, 1.54) is 0 Å². The van der Waals surface area contributed by atoms with Crippen molar-refractivity contribution in [3.63, 3.8) is 0 Å². The molecular formula is C14H20F5NO3S. The minimum absolute atomic E-state index is 0.0633. The quantitative estimate of drug-likeness (QED) is 0.412. The Balaban J connectivity index is 0.000000728. The van der Waals surface area contributed by atoms with Crippen LogP contribution < -0.4 is 0 Å². The molecule has 0 amide bonds. The fourth-order valence-corrected chi connectivity index (χ4v) is 2.07. The number of aromatic nitrogens is 1. The van der Waals surface area contributed by atoms with Crippen molar-refractivity contribution in [1.82, 2.24) is 4.98 Å². The van der Waals surface area contributed by atoms with Crippen molar-refractivity contribution in [3.05, 3.63) is 30.6 Å². The SMILES string of the molecule is CCCCCCC(F)C(F)(F)C(F)(F)S(=O)(=O)O.c1ccncc1. The summed E-state index contributed by atoms with van der Waals surface area (Å²) in [5, 5.41) is -5.83. The van der Waals surface area contributed by atoms with Crippen molar-refractivity contribution in [3.8, 4) is 0 Å². The molecule has 10 heteroatoms. The molecule has 0 spiro atoms. The summed E-state index contributed by atoms with van der Waals surface area (Å²) in [5.74, 6) is -5.45. The predicted octanol–water partition coefficient (Wildman–Crippen LogP) is 4.49. The third kappa shape index (κ3) is 6.68. The molecule has 0 aromatic carbocycles. The molecule has 0 radical (unpaired) electrons. The van der Waals surface area contributed by atoms with Gasteiger partial charge in [-0.05, 0) is 18.6 Å². The van der Waals surface area contributed by atoms with Crippen LogP contribution in [0.15, 0.2) is 30.6 Å². The Hall–Kier alpha value is -1.29. The van der Waals surface area contributed by atoms with Crippen molar-refractivity contribution >= 4 is 10.1 Å². The van der Waals surface area contributed by atoms with Crippen LogP contribution in [-0.2, 0) is 10.1 Å². The first-order chi connectivity index (χ1) is 11.0. The fourth-order valence-electron chi connectivity index (χ4n) is 1.60. The average molecular weight is 377 g/mol. The minimum Gasteiger partial charge on any atom is -0.281 e. The van der Waals surface area contributed by atoms with Gasteiger partial charge in [-0.2, -0.15) is 26.0 Å². The molecule has 1 aromatic heterocycles. The molecule has 0 saturated heterocycles. The molecular weight excluding hydrogens is 357 g/mol. The van der Waals surface area contributed by atoms with Crippen LogP contribution in [-0.4, -0.2) is 35.3 Å². The zero-order chi connectivity index (χ0) is 18.9. The molecule has 140 valence electrons. The second-order valence-corrected chi connectivity index (χ2v) is 6.42. The van der Waals surface area contributed by atoms with Gasteiger partial charge < -0.3 is 0 Å². The van der Waals surface area contributed by atoms with E-state index in [9.17, 15) is 30.4 Å². The lowest BCUT2D eigenvalue weighted by molar-refractivity contribution is -0.198. The highest BCUT2D eigenvalue weighted by atomic mass is 32.2. The molecule has 1 rings (SSSR count). The van der Waals surface area contributed by atoms with E-state index in [2.05, 4.69) is 4.98 Å². The molecule has 1 heterocycles. The Bertz CT molecular complexity index is 528. The maximum atomic E-state index is 13.0. The third-order valence-corrected chi connectivity index (χ3v) is 3.90. The number of hydrogen-bond donors (Lipinski definition) is 1. The zero-order valence-electron chi connectivity index (χ0n) is 13.0. The van der Waals surface area contributed by atoms with Crippen LogP contribution in [0.5, 0.6) is 0 Å². The van der Waals surface area contributed by atoms with E-state index in [-0.39, 0.29) is 6.42 Å². The first kappa shape index (κ1) is 22.7. The molecule has 0 aliphatic rings. The molecule has 0 fully saturated rings. The van der Waals surface area contributed by atoms with Crippen molar-refractivity contribution in [2.75, 3.05) is 0 Å². The van der Waals surface area contributed by atoms with Gasteiger partial charge in [0.05, 0.1) is 0 Å². The Labute approximate surface area is 137 Å². The first-order valence-electron chi connectivity index (χ1n) is 7.20. The normalized spacial score (nSPS) is 13.8. The van der Waals surface area contributed by atoms with Gasteiger partial charge in [-0.15, -0.1) is 0 Å². The highest BCUT2D eigenvalue weighted by molar-refractivity contribution is 7.87. The van der Waals surface area contributed by atoms with Gasteiger partial charge in [0.15, 0.2) is 6.17 Å². The molecule has 4 nitrogen and oxygen atoms in total. The Kier molecular flexibility index (Phi) is 9.34. The van der Waals surface area contributed by atoms with Crippen LogP contribution in [0.4, 0.5) is 22.0 Å². The summed E-state index contributed by atoms with van der Waals surface area (Å²) in [7, 11) is -6.36. The van der Waals surface area contributed by atoms with Crippen LogP contribution in [0, 0.1) is 0 Å². The van der Waals surface area contributed by atoms with E-state index in [4.69, 9.17) is 4.55 Å². The monoisotopic (exact) mass is 377 g/mol. The fraction of sp³-hybridized carbons (Fsp3) is 0.643. The summed E-state index contributed by atoms with van der Waals surface area (Å²) >= 11 is 0. The van der Waals surface area contributed by atoms with Gasteiger partial charge in [-0.1, -0.05) is 38.7 Å². The molecule has 1 aromatic rings. The smallest absolute Gasteiger partial charge is 0.281 e. The molecule has 0 saturated carbocycles. The molecule has 1 atom stereocenters. The summed E-state index contributed by atoms with van der Waals surface area (Å²) < 4.78 is 92.6. The Morgan fingerprint density at radius 3 is 1.92 bits per heavy atom. The second-order valence-electron chi connectivity index (χ2n) is 4.96. The number of alkyl halides is 5. The summed E-state index contributed by atoms with van der Waals surface area (Å²) in [6, 6.07) is 5.72. The Morgan fingerprint density at radius 1 is 1.04 bits per heavy atom. The van der Waals surface area contributed by atoms with E-state index in [0.29, 0.717) is 12.8 Å². The van der Waals surface area contributed by atoms with Crippen molar-refractivity contribution in [2.24, 2.45) is 0 Å². The number of halogens is 5. The largest absolute Gasteiger partial charge is 0.434 e. The number of rotatable bonds is 8. The zero-order valence-corrected chi connectivity index (χ0v) is 13.8. The number of unbranched alkanes of at least 4 members (excludes halogenated alkanes) is 3. The summed E-state index contributed by atoms with van der Waals surface area (Å²) in [4.78, 5) is 3.78. The molecule has 0 bridgehead atoms. The highest BCUT2D eigenvalue weighted by Crippen LogP contribution is 2.43. The lowest BCUT2D eigenvalue weighted by Gasteiger charge is -2.26. The van der Waals surface area contributed by atoms with E-state index < -0.39 is 33.9 Å². The van der Waals surface area contributed by atoms with Gasteiger partial charge in [-0.25, -0.2) is 4.39 Å². The van der Waals surface area contributed by atoms with Crippen LogP contribution in [0.1, 0.15) is 39.0 Å². The maximum Gasteiger partial charge on any atom is 0.434 e. The summed E-state index contributed by atoms with van der Waals surface area (Å²) in [6.45, 7) is 1.81. The van der Waals surface area contributed by atoms with E-state index in [1.54, 1.807) is 12.4 Å². The Morgan fingerprint density at radius 2 is 1.58 bits per heavy atom. The molecule has 0 aliphatic heterocycles. The molecule has 24 heavy (non-hydrogen) atoms. The lowest BCUT2D eigenvalue weighted by Crippen LogP contribution is -2.52. The van der Waals surface area contributed by atoms with Crippen molar-refractivity contribution < 1.29 is 34.9 Å². The van der Waals surface area contributed by atoms with E-state index in [0.717, 1.165) is 6.42 Å². The van der Waals surface area contributed by atoms with Crippen LogP contribution in [0.3, 0.4) is 0 Å². The molecule has 1 unspecified atom stereocenters. The van der Waals surface area contributed by atoms with E-state index in [1.807, 2.05) is 25.1 Å². The van der Waals surface area contributed by atoms with Crippen LogP contribution in [0.25, 0.3) is 0 Å². The van der Waals surface area contributed by atoms with Gasteiger partial charge in [0.2, 0.25) is 0 Å². The van der Waals surface area contributed by atoms with Gasteiger partial charge in [-0.3, -0.25) is 9.54 Å². The number of nitrogens with zero attached hydrogens (tertiary/aromatic N) is 1. The maximum absolute atomic E-state index is 13.0. The average Bonchev–Trinajstić information content (AvgIpc) is 2.52. The number of pyridine rings is 1. The molecule has 0 aliphatic carbocycles. The highest BCUT2D eigenvalue weighted by Gasteiger charge is 2.69. The van der Waals surface area contributed by atoms with E-state index >= 15 is 0 Å². The minimum atomic E-state index is -6.36. The standard InChI is InChI=1S/C9H15F5O3S.C5H5N/c1-2-3-4-5-6-7(10)8(11,12)9(13,14)18(15,16)17;1-2-4-6-5-3-1/h7H,2-6H2,1H3,(H,15,16,17);1-5H. The predicted molar refractivity (Wildman–Crippen MR) is 79.3 cm³/mol. The van der Waals surface area contributed by atoms with Gasteiger partial charge in [0.25, 0.3) is 0 Å². The summed E-state index contributed by atoms with van der Waals surface area (Å²) in [5.41, 5.74) is 0. The lowest BCUT2D eigenvalue weighted by atomic mass is 10.1. The van der Waals surface area contributed by atoms with Gasteiger partial charge >= 0.3 is 21.3 Å². The van der Waals surface area contributed by atoms with Gasteiger partial charge in [0, 0.05) is 12.4 Å². The third-order valence-electron chi connectivity index (χ3n) is 2.98. The van der Waals surface area contributed by atoms with Crippen molar-refractivity contribution in [2.45, 2.75) is 56.4 Å².